The van der Waals surface area contributed by atoms with Gasteiger partial charge in [-0.15, -0.1) is 0 Å². The van der Waals surface area contributed by atoms with Crippen LogP contribution in [0.15, 0.2) is 0 Å². The Labute approximate surface area is 116 Å². The predicted molar refractivity (Wildman–Crippen MR) is 75.7 cm³/mol. The molecule has 2 saturated heterocycles. The molecule has 3 fully saturated rings. The molecule has 19 heavy (non-hydrogen) atoms. The number of amides is 1. The number of nitrogens with one attached hydrogen (secondary N) is 1. The molecule has 1 amide bonds. The second-order valence-corrected chi connectivity index (χ2v) is 6.85. The largest absolute Gasteiger partial charge is 0.353 e. The topological polar surface area (TPSA) is 58.4 Å². The molecule has 3 atom stereocenters. The zero-order chi connectivity index (χ0) is 13.4. The first kappa shape index (κ1) is 13.4. The molecule has 0 spiro atoms. The van der Waals surface area contributed by atoms with Gasteiger partial charge < -0.3 is 16.0 Å². The highest BCUT2D eigenvalue weighted by atomic mass is 16.1. The first-order chi connectivity index (χ1) is 9.13. The minimum absolute atomic E-state index is 0.0887. The number of nitrogens with zero attached hydrogens (tertiary/aromatic N) is 1. The minimum atomic E-state index is 0.0887. The van der Waals surface area contributed by atoms with Gasteiger partial charge in [-0.2, -0.15) is 0 Å². The third-order valence-corrected chi connectivity index (χ3v) is 5.35. The summed E-state index contributed by atoms with van der Waals surface area (Å²) in [5.41, 5.74) is 6.03. The smallest absolute Gasteiger partial charge is 0.221 e. The summed E-state index contributed by atoms with van der Waals surface area (Å²) in [6, 6.07) is 1.82. The van der Waals surface area contributed by atoms with Crippen LogP contribution in [0.5, 0.6) is 0 Å². The van der Waals surface area contributed by atoms with Crippen molar-refractivity contribution in [1.29, 1.82) is 0 Å². The lowest BCUT2D eigenvalue weighted by Gasteiger charge is -2.47. The molecule has 3 N–H and O–H groups in total. The zero-order valence-corrected chi connectivity index (χ0v) is 12.0. The molecular formula is C15H27N3O. The fourth-order valence-electron chi connectivity index (χ4n) is 3.93. The van der Waals surface area contributed by atoms with Gasteiger partial charge >= 0.3 is 0 Å². The summed E-state index contributed by atoms with van der Waals surface area (Å²) < 4.78 is 0. The van der Waals surface area contributed by atoms with Crippen LogP contribution in [0.4, 0.5) is 0 Å². The molecule has 0 aromatic rings. The molecule has 3 unspecified atom stereocenters. The lowest BCUT2D eigenvalue weighted by atomic mass is 9.82. The Morgan fingerprint density at radius 1 is 1.26 bits per heavy atom. The summed E-state index contributed by atoms with van der Waals surface area (Å²) in [6.45, 7) is 0. The van der Waals surface area contributed by atoms with Crippen molar-refractivity contribution in [1.82, 2.24) is 10.2 Å². The number of rotatable bonds is 4. The van der Waals surface area contributed by atoms with Crippen LogP contribution in [0, 0.1) is 5.92 Å². The van der Waals surface area contributed by atoms with Gasteiger partial charge in [0.2, 0.25) is 5.91 Å². The lowest BCUT2D eigenvalue weighted by Crippen LogP contribution is -2.55. The van der Waals surface area contributed by atoms with E-state index in [1.54, 1.807) is 0 Å². The molecule has 0 aromatic carbocycles. The Kier molecular flexibility index (Phi) is 3.81. The number of carbonyl (C=O) groups excluding carboxylic acids is 1. The molecule has 2 heterocycles. The summed E-state index contributed by atoms with van der Waals surface area (Å²) in [4.78, 5) is 14.6. The van der Waals surface area contributed by atoms with Gasteiger partial charge in [0.05, 0.1) is 0 Å². The molecular weight excluding hydrogens is 238 g/mol. The van der Waals surface area contributed by atoms with Gasteiger partial charge in [0, 0.05) is 30.6 Å². The van der Waals surface area contributed by atoms with Crippen LogP contribution in [0.3, 0.4) is 0 Å². The second-order valence-electron chi connectivity index (χ2n) is 6.85. The highest BCUT2D eigenvalue weighted by molar-refractivity contribution is 5.77. The van der Waals surface area contributed by atoms with Crippen molar-refractivity contribution < 1.29 is 4.79 Å². The average molecular weight is 265 g/mol. The fraction of sp³-hybridized carbons (Fsp3) is 0.933. The molecule has 0 radical (unpaired) electrons. The van der Waals surface area contributed by atoms with Gasteiger partial charge in [-0.05, 0) is 51.5 Å². The van der Waals surface area contributed by atoms with Crippen LogP contribution in [0.2, 0.25) is 0 Å². The maximum absolute atomic E-state index is 12.1. The van der Waals surface area contributed by atoms with E-state index in [4.69, 9.17) is 5.73 Å². The van der Waals surface area contributed by atoms with E-state index >= 15 is 0 Å². The van der Waals surface area contributed by atoms with Crippen molar-refractivity contribution in [2.45, 2.75) is 75.5 Å². The van der Waals surface area contributed by atoms with Gasteiger partial charge in [0.1, 0.15) is 0 Å². The number of hydrogen-bond donors (Lipinski definition) is 2. The van der Waals surface area contributed by atoms with Gasteiger partial charge in [0.15, 0.2) is 0 Å². The number of nitrogens with two attached hydrogens (primary N) is 1. The quantitative estimate of drug-likeness (QED) is 0.804. The van der Waals surface area contributed by atoms with E-state index in [9.17, 15) is 4.79 Å². The minimum Gasteiger partial charge on any atom is -0.353 e. The van der Waals surface area contributed by atoms with Crippen LogP contribution in [-0.4, -0.2) is 42.0 Å². The van der Waals surface area contributed by atoms with Crippen molar-refractivity contribution in [2.75, 3.05) is 7.05 Å². The Morgan fingerprint density at radius 3 is 2.47 bits per heavy atom. The highest BCUT2D eigenvalue weighted by Crippen LogP contribution is 2.34. The summed E-state index contributed by atoms with van der Waals surface area (Å²) >= 11 is 0. The number of carbonyl (C=O) groups is 1. The van der Waals surface area contributed by atoms with Crippen molar-refractivity contribution in [3.8, 4) is 0 Å². The molecule has 3 rings (SSSR count). The molecule has 0 aromatic heterocycles. The Balaban J connectivity index is 1.48. The van der Waals surface area contributed by atoms with Crippen LogP contribution >= 0.6 is 0 Å². The molecule has 3 aliphatic rings. The van der Waals surface area contributed by atoms with E-state index in [0.717, 1.165) is 12.8 Å². The van der Waals surface area contributed by atoms with E-state index in [0.29, 0.717) is 30.5 Å². The molecule has 108 valence electrons. The third-order valence-electron chi connectivity index (χ3n) is 5.35. The molecule has 2 bridgehead atoms. The Hall–Kier alpha value is -0.610. The van der Waals surface area contributed by atoms with Gasteiger partial charge in [0.25, 0.3) is 0 Å². The van der Waals surface area contributed by atoms with Crippen LogP contribution < -0.4 is 11.1 Å². The van der Waals surface area contributed by atoms with Crippen LogP contribution in [-0.2, 0) is 4.79 Å². The van der Waals surface area contributed by atoms with Crippen molar-refractivity contribution in [2.24, 2.45) is 11.7 Å². The molecule has 4 nitrogen and oxygen atoms in total. The molecule has 2 aliphatic heterocycles. The second kappa shape index (κ2) is 5.41. The van der Waals surface area contributed by atoms with Crippen LogP contribution in [0.1, 0.15) is 51.4 Å². The van der Waals surface area contributed by atoms with E-state index in [-0.39, 0.29) is 11.9 Å². The van der Waals surface area contributed by atoms with E-state index in [2.05, 4.69) is 17.3 Å². The van der Waals surface area contributed by atoms with Gasteiger partial charge in [-0.25, -0.2) is 0 Å². The summed E-state index contributed by atoms with van der Waals surface area (Å²) in [6.07, 6.45) is 9.13. The van der Waals surface area contributed by atoms with E-state index < -0.39 is 0 Å². The highest BCUT2D eigenvalue weighted by Gasteiger charge is 2.37. The molecule has 4 heteroatoms. The molecule has 1 aliphatic carbocycles. The van der Waals surface area contributed by atoms with Crippen molar-refractivity contribution >= 4 is 5.91 Å². The summed E-state index contributed by atoms with van der Waals surface area (Å²) in [5.74, 6) is 0.787. The third kappa shape index (κ3) is 3.11. The fourth-order valence-corrected chi connectivity index (χ4v) is 3.93. The van der Waals surface area contributed by atoms with Crippen LogP contribution in [0.25, 0.3) is 0 Å². The van der Waals surface area contributed by atoms with Gasteiger partial charge in [-0.1, -0.05) is 6.42 Å². The SMILES string of the molecule is CN1C2CCCC1CC(NC(=O)CC(N)C1CC1)C2. The maximum Gasteiger partial charge on any atom is 0.221 e. The summed E-state index contributed by atoms with van der Waals surface area (Å²) in [7, 11) is 2.25. The lowest BCUT2D eigenvalue weighted by molar-refractivity contribution is -0.123. The number of fused-ring (bicyclic) bond motifs is 2. The normalized spacial score (nSPS) is 36.8. The molecule has 1 saturated carbocycles. The maximum atomic E-state index is 12.1. The van der Waals surface area contributed by atoms with Crippen molar-refractivity contribution in [3.05, 3.63) is 0 Å². The standard InChI is InChI=1S/C15H27N3O/c1-18-12-3-2-4-13(18)8-11(7-12)17-15(19)9-14(16)10-5-6-10/h10-14H,2-9,16H2,1H3,(H,17,19). The monoisotopic (exact) mass is 265 g/mol. The Bertz CT molecular complexity index is 328. The zero-order valence-electron chi connectivity index (χ0n) is 12.0. The first-order valence-corrected chi connectivity index (χ1v) is 7.90. The number of piperidine rings is 2. The predicted octanol–water partition coefficient (Wildman–Crippen LogP) is 1.25. The van der Waals surface area contributed by atoms with E-state index in [1.807, 2.05) is 0 Å². The Morgan fingerprint density at radius 2 is 1.89 bits per heavy atom. The van der Waals surface area contributed by atoms with Crippen molar-refractivity contribution in [3.63, 3.8) is 0 Å². The summed E-state index contributed by atoms with van der Waals surface area (Å²) in [5, 5.41) is 3.24. The number of hydrogen-bond acceptors (Lipinski definition) is 3. The van der Waals surface area contributed by atoms with Gasteiger partial charge in [-0.3, -0.25) is 4.79 Å². The first-order valence-electron chi connectivity index (χ1n) is 7.90. The van der Waals surface area contributed by atoms with E-state index in [1.165, 1.54) is 32.1 Å². The average Bonchev–Trinajstić information content (AvgIpc) is 3.14.